The molecule has 2 heterocycles. The molecule has 0 radical (unpaired) electrons. The summed E-state index contributed by atoms with van der Waals surface area (Å²) in [6.45, 7) is 1.04. The summed E-state index contributed by atoms with van der Waals surface area (Å²) in [4.78, 5) is 23.5. The number of fused-ring (bicyclic) bond motifs is 1. The maximum absolute atomic E-state index is 11.6. The number of thiazole rings is 1. The van der Waals surface area contributed by atoms with E-state index in [0.717, 1.165) is 10.2 Å². The minimum atomic E-state index is -0.517. The van der Waals surface area contributed by atoms with Crippen LogP contribution in [0.1, 0.15) is 6.42 Å². The highest BCUT2D eigenvalue weighted by Crippen LogP contribution is 2.35. The molecule has 11 heteroatoms. The quantitative estimate of drug-likeness (QED) is 0.322. The van der Waals surface area contributed by atoms with Crippen LogP contribution in [-0.4, -0.2) is 47.2 Å². The Labute approximate surface area is 158 Å². The molecule has 0 fully saturated rings. The van der Waals surface area contributed by atoms with Gasteiger partial charge in [0.25, 0.3) is 0 Å². The lowest BCUT2D eigenvalue weighted by Crippen LogP contribution is -2.10. The third kappa shape index (κ3) is 4.38. The number of hydrogen-bond acceptors (Lipinski definition) is 10. The lowest BCUT2D eigenvalue weighted by molar-refractivity contribution is -0.383. The second-order valence-corrected chi connectivity index (χ2v) is 6.46. The standard InChI is InChI=1S/C16H18N6O4S/c1-25-7-3-6-17-14-13(22(23)24)15(19-9-18-14)21-16-20-11-5-4-10(26-2)8-12(11)27-16/h4-5,8-9H,3,6-7H2,1-2H3,(H2,17,18,19,20,21). The maximum Gasteiger partial charge on any atom is 0.353 e. The number of methoxy groups -OCH3 is 2. The average molecular weight is 390 g/mol. The first-order valence-corrected chi connectivity index (χ1v) is 8.88. The Morgan fingerprint density at radius 1 is 1.26 bits per heavy atom. The predicted molar refractivity (Wildman–Crippen MR) is 103 cm³/mol. The second-order valence-electron chi connectivity index (χ2n) is 5.43. The van der Waals surface area contributed by atoms with E-state index in [4.69, 9.17) is 9.47 Å². The van der Waals surface area contributed by atoms with Gasteiger partial charge in [0.1, 0.15) is 12.1 Å². The van der Waals surface area contributed by atoms with E-state index in [9.17, 15) is 10.1 Å². The molecule has 2 aromatic heterocycles. The van der Waals surface area contributed by atoms with Gasteiger partial charge < -0.3 is 20.1 Å². The van der Waals surface area contributed by atoms with Crippen molar-refractivity contribution in [3.05, 3.63) is 34.6 Å². The Kier molecular flexibility index (Phi) is 5.94. The second kappa shape index (κ2) is 8.56. The predicted octanol–water partition coefficient (Wildman–Crippen LogP) is 3.20. The fourth-order valence-corrected chi connectivity index (χ4v) is 3.28. The van der Waals surface area contributed by atoms with Gasteiger partial charge >= 0.3 is 5.69 Å². The van der Waals surface area contributed by atoms with Crippen LogP contribution in [0.4, 0.5) is 22.5 Å². The number of nitro groups is 1. The average Bonchev–Trinajstić information content (AvgIpc) is 3.06. The smallest absolute Gasteiger partial charge is 0.353 e. The minimum absolute atomic E-state index is 0.0789. The molecule has 0 unspecified atom stereocenters. The molecule has 0 saturated carbocycles. The normalized spacial score (nSPS) is 10.7. The van der Waals surface area contributed by atoms with Crippen molar-refractivity contribution in [1.82, 2.24) is 15.0 Å². The molecule has 3 aromatic rings. The number of nitrogens with one attached hydrogen (secondary N) is 2. The number of benzene rings is 1. The van der Waals surface area contributed by atoms with E-state index in [2.05, 4.69) is 25.6 Å². The summed E-state index contributed by atoms with van der Waals surface area (Å²) in [6, 6.07) is 5.49. The summed E-state index contributed by atoms with van der Waals surface area (Å²) in [5, 5.41) is 17.9. The largest absolute Gasteiger partial charge is 0.497 e. The summed E-state index contributed by atoms with van der Waals surface area (Å²) >= 11 is 1.35. The van der Waals surface area contributed by atoms with Crippen molar-refractivity contribution in [2.24, 2.45) is 0 Å². The van der Waals surface area contributed by atoms with E-state index in [0.29, 0.717) is 30.5 Å². The van der Waals surface area contributed by atoms with Gasteiger partial charge in [-0.2, -0.15) is 0 Å². The Bertz CT molecular complexity index is 948. The minimum Gasteiger partial charge on any atom is -0.497 e. The number of hydrogen-bond donors (Lipinski definition) is 2. The monoisotopic (exact) mass is 390 g/mol. The van der Waals surface area contributed by atoms with Crippen LogP contribution in [-0.2, 0) is 4.74 Å². The molecule has 3 rings (SSSR count). The summed E-state index contributed by atoms with van der Waals surface area (Å²) in [5.74, 6) is 0.944. The molecule has 2 N–H and O–H groups in total. The van der Waals surface area contributed by atoms with E-state index in [1.54, 1.807) is 20.3 Å². The van der Waals surface area contributed by atoms with Crippen molar-refractivity contribution in [1.29, 1.82) is 0 Å². The summed E-state index contributed by atoms with van der Waals surface area (Å²) in [6.07, 6.45) is 1.96. The summed E-state index contributed by atoms with van der Waals surface area (Å²) < 4.78 is 11.1. The van der Waals surface area contributed by atoms with Crippen molar-refractivity contribution >= 4 is 44.0 Å². The number of rotatable bonds is 9. The zero-order chi connectivity index (χ0) is 19.2. The lowest BCUT2D eigenvalue weighted by Gasteiger charge is -2.08. The van der Waals surface area contributed by atoms with Gasteiger partial charge in [0.15, 0.2) is 5.13 Å². The molecular formula is C16H18N6O4S. The lowest BCUT2D eigenvalue weighted by atomic mass is 10.3. The van der Waals surface area contributed by atoms with Gasteiger partial charge in [-0.25, -0.2) is 15.0 Å². The van der Waals surface area contributed by atoms with Gasteiger partial charge in [-0.3, -0.25) is 10.1 Å². The Morgan fingerprint density at radius 3 is 2.81 bits per heavy atom. The molecule has 27 heavy (non-hydrogen) atoms. The molecule has 0 aliphatic rings. The van der Waals surface area contributed by atoms with Crippen LogP contribution in [0.15, 0.2) is 24.5 Å². The highest BCUT2D eigenvalue weighted by Gasteiger charge is 2.23. The molecule has 0 saturated heterocycles. The van der Waals surface area contributed by atoms with Gasteiger partial charge in [0.05, 0.1) is 22.2 Å². The van der Waals surface area contributed by atoms with Gasteiger partial charge in [-0.1, -0.05) is 11.3 Å². The summed E-state index contributed by atoms with van der Waals surface area (Å²) in [7, 11) is 3.19. The molecule has 0 bridgehead atoms. The molecule has 0 aliphatic heterocycles. The Hall–Kier alpha value is -3.05. The SMILES string of the molecule is COCCCNc1ncnc(Nc2nc3ccc(OC)cc3s2)c1[N+](=O)[O-]. The number of ether oxygens (including phenoxy) is 2. The van der Waals surface area contributed by atoms with E-state index in [-0.39, 0.29) is 17.3 Å². The molecule has 0 atom stereocenters. The molecule has 0 aliphatic carbocycles. The molecule has 142 valence electrons. The van der Waals surface area contributed by atoms with Gasteiger partial charge in [-0.15, -0.1) is 0 Å². The highest BCUT2D eigenvalue weighted by molar-refractivity contribution is 7.22. The maximum atomic E-state index is 11.6. The van der Waals surface area contributed by atoms with Crippen molar-refractivity contribution in [2.45, 2.75) is 6.42 Å². The molecule has 0 spiro atoms. The van der Waals surface area contributed by atoms with Gasteiger partial charge in [-0.05, 0) is 24.6 Å². The fraction of sp³-hybridized carbons (Fsp3) is 0.312. The zero-order valence-electron chi connectivity index (χ0n) is 14.8. The zero-order valence-corrected chi connectivity index (χ0v) is 15.6. The topological polar surface area (TPSA) is 124 Å². The van der Waals surface area contributed by atoms with E-state index in [1.165, 1.54) is 17.7 Å². The first-order valence-electron chi connectivity index (χ1n) is 8.06. The van der Waals surface area contributed by atoms with Crippen LogP contribution < -0.4 is 15.4 Å². The first-order chi connectivity index (χ1) is 13.1. The summed E-state index contributed by atoms with van der Waals surface area (Å²) in [5.41, 5.74) is 0.532. The van der Waals surface area contributed by atoms with Crippen molar-refractivity contribution in [2.75, 3.05) is 38.0 Å². The molecule has 10 nitrogen and oxygen atoms in total. The van der Waals surface area contributed by atoms with Gasteiger partial charge in [0.2, 0.25) is 11.6 Å². The van der Waals surface area contributed by atoms with Crippen LogP contribution in [0.5, 0.6) is 5.75 Å². The molecule has 1 aromatic carbocycles. The fourth-order valence-electron chi connectivity index (χ4n) is 2.38. The molecular weight excluding hydrogens is 372 g/mol. The number of nitrogens with zero attached hydrogens (tertiary/aromatic N) is 4. The van der Waals surface area contributed by atoms with Crippen molar-refractivity contribution < 1.29 is 14.4 Å². The number of anilines is 3. The van der Waals surface area contributed by atoms with Crippen LogP contribution in [0, 0.1) is 10.1 Å². The van der Waals surface area contributed by atoms with Crippen LogP contribution in [0.2, 0.25) is 0 Å². The van der Waals surface area contributed by atoms with Crippen LogP contribution >= 0.6 is 11.3 Å². The number of aromatic nitrogens is 3. The molecule has 0 amide bonds. The van der Waals surface area contributed by atoms with E-state index >= 15 is 0 Å². The van der Waals surface area contributed by atoms with Crippen LogP contribution in [0.3, 0.4) is 0 Å². The van der Waals surface area contributed by atoms with Crippen molar-refractivity contribution in [3.8, 4) is 5.75 Å². The van der Waals surface area contributed by atoms with E-state index in [1.807, 2.05) is 12.1 Å². The Morgan fingerprint density at radius 2 is 2.07 bits per heavy atom. The van der Waals surface area contributed by atoms with Gasteiger partial charge in [0, 0.05) is 20.3 Å². The highest BCUT2D eigenvalue weighted by atomic mass is 32.1. The van der Waals surface area contributed by atoms with E-state index < -0.39 is 4.92 Å². The van der Waals surface area contributed by atoms with Crippen molar-refractivity contribution in [3.63, 3.8) is 0 Å². The third-order valence-electron chi connectivity index (χ3n) is 3.64. The first kappa shape index (κ1) is 18.7. The Balaban J connectivity index is 1.86. The van der Waals surface area contributed by atoms with Crippen LogP contribution in [0.25, 0.3) is 10.2 Å². The third-order valence-corrected chi connectivity index (χ3v) is 4.58.